The van der Waals surface area contributed by atoms with Gasteiger partial charge in [-0.15, -0.1) is 0 Å². The van der Waals surface area contributed by atoms with Gasteiger partial charge in [0, 0.05) is 10.6 Å². The molecule has 120 valence electrons. The van der Waals surface area contributed by atoms with Crippen LogP contribution in [-0.2, 0) is 6.61 Å². The smallest absolute Gasteiger partial charge is 0.339 e. The third-order valence-corrected chi connectivity index (χ3v) is 3.96. The molecule has 0 amide bonds. The number of rotatable bonds is 5. The molecule has 0 aliphatic rings. The van der Waals surface area contributed by atoms with Crippen LogP contribution in [0.1, 0.15) is 15.9 Å². The average molecular weight is 339 g/mol. The molecule has 0 bridgehead atoms. The quantitative estimate of drug-likeness (QED) is 0.688. The summed E-state index contributed by atoms with van der Waals surface area (Å²) in [4.78, 5) is 11.6. The van der Waals surface area contributed by atoms with Gasteiger partial charge in [0.1, 0.15) is 17.9 Å². The Morgan fingerprint density at radius 1 is 0.958 bits per heavy atom. The van der Waals surface area contributed by atoms with Gasteiger partial charge < -0.3 is 9.84 Å². The van der Waals surface area contributed by atoms with Crippen molar-refractivity contribution in [2.45, 2.75) is 6.61 Å². The van der Waals surface area contributed by atoms with Gasteiger partial charge in [-0.3, -0.25) is 0 Å². The molecule has 24 heavy (non-hydrogen) atoms. The van der Waals surface area contributed by atoms with E-state index in [4.69, 9.17) is 16.3 Å². The lowest BCUT2D eigenvalue weighted by atomic mass is 10.0. The fraction of sp³-hybridized carbons (Fsp3) is 0.0500. The summed E-state index contributed by atoms with van der Waals surface area (Å²) in [7, 11) is 0. The van der Waals surface area contributed by atoms with Gasteiger partial charge in [0.05, 0.1) is 0 Å². The lowest BCUT2D eigenvalue weighted by Gasteiger charge is -2.12. The number of carbonyl (C=O) groups is 1. The Morgan fingerprint density at radius 2 is 1.67 bits per heavy atom. The van der Waals surface area contributed by atoms with Gasteiger partial charge in [-0.05, 0) is 29.3 Å². The Labute approximate surface area is 145 Å². The molecule has 0 fully saturated rings. The summed E-state index contributed by atoms with van der Waals surface area (Å²) in [6, 6.07) is 22.0. The van der Waals surface area contributed by atoms with Crippen LogP contribution in [0.5, 0.6) is 5.75 Å². The minimum atomic E-state index is -1.04. The fourth-order valence-corrected chi connectivity index (χ4v) is 2.67. The molecule has 0 saturated heterocycles. The van der Waals surface area contributed by atoms with Crippen molar-refractivity contribution in [3.05, 3.63) is 88.9 Å². The molecular formula is C20H15ClO3. The van der Waals surface area contributed by atoms with Gasteiger partial charge in [0.25, 0.3) is 0 Å². The maximum Gasteiger partial charge on any atom is 0.339 e. The van der Waals surface area contributed by atoms with Crippen LogP contribution in [0.25, 0.3) is 11.1 Å². The highest BCUT2D eigenvalue weighted by atomic mass is 35.5. The molecule has 3 aromatic carbocycles. The van der Waals surface area contributed by atoms with Gasteiger partial charge in [0.15, 0.2) is 0 Å². The molecule has 0 unspecified atom stereocenters. The molecule has 4 heteroatoms. The van der Waals surface area contributed by atoms with E-state index in [0.29, 0.717) is 17.4 Å². The van der Waals surface area contributed by atoms with Crippen molar-refractivity contribution in [3.8, 4) is 16.9 Å². The number of carboxylic acid groups (broad SMARTS) is 1. The van der Waals surface area contributed by atoms with Crippen LogP contribution < -0.4 is 4.74 Å². The van der Waals surface area contributed by atoms with Crippen LogP contribution in [0.15, 0.2) is 72.8 Å². The highest BCUT2D eigenvalue weighted by Gasteiger charge is 2.14. The predicted molar refractivity (Wildman–Crippen MR) is 94.6 cm³/mol. The van der Waals surface area contributed by atoms with E-state index in [-0.39, 0.29) is 5.56 Å². The summed E-state index contributed by atoms with van der Waals surface area (Å²) in [5.74, 6) is -0.700. The summed E-state index contributed by atoms with van der Waals surface area (Å²) in [6.07, 6.45) is 0. The van der Waals surface area contributed by atoms with Crippen molar-refractivity contribution in [1.29, 1.82) is 0 Å². The number of ether oxygens (including phenoxy) is 1. The monoisotopic (exact) mass is 338 g/mol. The lowest BCUT2D eigenvalue weighted by molar-refractivity contribution is 0.0692. The maximum atomic E-state index is 11.6. The summed E-state index contributed by atoms with van der Waals surface area (Å²) < 4.78 is 5.69. The van der Waals surface area contributed by atoms with E-state index < -0.39 is 5.97 Å². The largest absolute Gasteiger partial charge is 0.488 e. The molecule has 0 spiro atoms. The Balaban J connectivity index is 1.91. The van der Waals surface area contributed by atoms with Crippen molar-refractivity contribution < 1.29 is 14.6 Å². The lowest BCUT2D eigenvalue weighted by Crippen LogP contribution is -2.04. The summed E-state index contributed by atoms with van der Waals surface area (Å²) in [5.41, 5.74) is 2.62. The first kappa shape index (κ1) is 16.1. The minimum absolute atomic E-state index is 0.114. The molecule has 0 aromatic heterocycles. The molecule has 0 aliphatic carbocycles. The molecule has 3 aromatic rings. The van der Waals surface area contributed by atoms with E-state index in [1.807, 2.05) is 54.6 Å². The van der Waals surface area contributed by atoms with Crippen molar-refractivity contribution in [1.82, 2.24) is 0 Å². The molecule has 1 N–H and O–H groups in total. The van der Waals surface area contributed by atoms with Crippen LogP contribution in [0, 0.1) is 0 Å². The molecule has 0 aliphatic heterocycles. The van der Waals surface area contributed by atoms with Gasteiger partial charge in [0.2, 0.25) is 0 Å². The minimum Gasteiger partial charge on any atom is -0.488 e. The number of hydrogen-bond donors (Lipinski definition) is 1. The second-order valence-corrected chi connectivity index (χ2v) is 5.68. The first-order valence-corrected chi connectivity index (χ1v) is 7.82. The van der Waals surface area contributed by atoms with E-state index >= 15 is 0 Å². The van der Waals surface area contributed by atoms with Gasteiger partial charge >= 0.3 is 5.97 Å². The number of halogens is 1. The Kier molecular flexibility index (Phi) is 4.82. The first-order valence-electron chi connectivity index (χ1n) is 7.44. The van der Waals surface area contributed by atoms with Gasteiger partial charge in [-0.25, -0.2) is 4.79 Å². The number of carboxylic acids is 1. The molecular weight excluding hydrogens is 324 g/mol. The Bertz CT molecular complexity index is 860. The summed E-state index contributed by atoms with van der Waals surface area (Å²) >= 11 is 6.19. The summed E-state index contributed by atoms with van der Waals surface area (Å²) in [5, 5.41) is 10.1. The summed E-state index contributed by atoms with van der Waals surface area (Å²) in [6.45, 7) is 0.312. The third-order valence-electron chi connectivity index (χ3n) is 3.63. The van der Waals surface area contributed by atoms with E-state index in [2.05, 4.69) is 0 Å². The van der Waals surface area contributed by atoms with E-state index in [1.54, 1.807) is 18.2 Å². The average Bonchev–Trinajstić information content (AvgIpc) is 2.61. The fourth-order valence-electron chi connectivity index (χ4n) is 2.42. The second kappa shape index (κ2) is 7.20. The van der Waals surface area contributed by atoms with Gasteiger partial charge in [-0.1, -0.05) is 66.2 Å². The zero-order valence-electron chi connectivity index (χ0n) is 12.8. The third kappa shape index (κ3) is 3.58. The van der Waals surface area contributed by atoms with Crippen LogP contribution in [0.4, 0.5) is 0 Å². The van der Waals surface area contributed by atoms with Crippen LogP contribution in [0.2, 0.25) is 5.02 Å². The van der Waals surface area contributed by atoms with Crippen molar-refractivity contribution >= 4 is 17.6 Å². The Morgan fingerprint density at radius 3 is 2.38 bits per heavy atom. The van der Waals surface area contributed by atoms with E-state index in [0.717, 1.165) is 16.7 Å². The number of benzene rings is 3. The normalized spacial score (nSPS) is 10.4. The first-order chi connectivity index (χ1) is 11.6. The Hall–Kier alpha value is -2.78. The molecule has 0 atom stereocenters. The molecule has 0 radical (unpaired) electrons. The SMILES string of the molecule is O=C(O)c1cc(-c2ccccc2Cl)ccc1OCc1ccccc1. The maximum absolute atomic E-state index is 11.6. The van der Waals surface area contributed by atoms with Crippen molar-refractivity contribution in [2.75, 3.05) is 0 Å². The number of aromatic carboxylic acids is 1. The van der Waals surface area contributed by atoms with E-state index in [1.165, 1.54) is 0 Å². The molecule has 0 heterocycles. The molecule has 3 nitrogen and oxygen atoms in total. The van der Waals surface area contributed by atoms with Crippen LogP contribution in [-0.4, -0.2) is 11.1 Å². The van der Waals surface area contributed by atoms with E-state index in [9.17, 15) is 9.90 Å². The van der Waals surface area contributed by atoms with Crippen LogP contribution >= 0.6 is 11.6 Å². The molecule has 3 rings (SSSR count). The number of hydrogen-bond acceptors (Lipinski definition) is 2. The van der Waals surface area contributed by atoms with Crippen LogP contribution in [0.3, 0.4) is 0 Å². The zero-order chi connectivity index (χ0) is 16.9. The standard InChI is InChI=1S/C20H15ClO3/c21-18-9-5-4-8-16(18)15-10-11-19(17(12-15)20(22)23)24-13-14-6-2-1-3-7-14/h1-12H,13H2,(H,22,23). The highest BCUT2D eigenvalue weighted by Crippen LogP contribution is 2.31. The highest BCUT2D eigenvalue weighted by molar-refractivity contribution is 6.33. The topological polar surface area (TPSA) is 46.5 Å². The second-order valence-electron chi connectivity index (χ2n) is 5.27. The zero-order valence-corrected chi connectivity index (χ0v) is 13.5. The molecule has 0 saturated carbocycles. The van der Waals surface area contributed by atoms with Crippen molar-refractivity contribution in [2.24, 2.45) is 0 Å². The van der Waals surface area contributed by atoms with Crippen molar-refractivity contribution in [3.63, 3.8) is 0 Å². The predicted octanol–water partition coefficient (Wildman–Crippen LogP) is 5.28. The van der Waals surface area contributed by atoms with Gasteiger partial charge in [-0.2, -0.15) is 0 Å².